The molecule has 2 rings (SSSR count). The molecule has 1 heterocycles. The van der Waals surface area contributed by atoms with Gasteiger partial charge >= 0.3 is 0 Å². The first kappa shape index (κ1) is 11.9. The average molecular weight is 236 g/mol. The minimum absolute atomic E-state index is 0.106. The van der Waals surface area contributed by atoms with E-state index in [0.717, 1.165) is 12.1 Å². The van der Waals surface area contributed by atoms with Gasteiger partial charge in [-0.25, -0.2) is 0 Å². The van der Waals surface area contributed by atoms with Crippen LogP contribution in [-0.4, -0.2) is 36.8 Å². The summed E-state index contributed by atoms with van der Waals surface area (Å²) in [7, 11) is 0. The van der Waals surface area contributed by atoms with Crippen LogP contribution in [-0.2, 0) is 16.1 Å². The summed E-state index contributed by atoms with van der Waals surface area (Å²) in [6.07, 6.45) is -0.402. The fourth-order valence-electron chi connectivity index (χ4n) is 1.65. The van der Waals surface area contributed by atoms with E-state index >= 15 is 0 Å². The van der Waals surface area contributed by atoms with E-state index in [1.54, 1.807) is 24.3 Å². The van der Waals surface area contributed by atoms with E-state index in [1.165, 1.54) is 0 Å². The molecule has 1 aromatic rings. The molecule has 0 spiro atoms. The molecule has 1 amide bonds. The number of amides is 1. The number of aromatic hydroxyl groups is 1. The van der Waals surface area contributed by atoms with Gasteiger partial charge in [-0.1, -0.05) is 12.1 Å². The lowest BCUT2D eigenvalue weighted by Crippen LogP contribution is -2.47. The zero-order valence-electron chi connectivity index (χ0n) is 9.48. The first-order valence-corrected chi connectivity index (χ1v) is 5.63. The molecule has 5 heteroatoms. The Labute approximate surface area is 99.8 Å². The number of carbonyl (C=O) groups is 1. The minimum Gasteiger partial charge on any atom is -0.508 e. The molecule has 92 valence electrons. The standard InChI is InChI=1S/C12H16N2O3/c15-10-3-1-9(2-4-10)7-14-12(16)11-8-13-5-6-17-11/h1-4,11,13,15H,5-8H2,(H,14,16). The van der Waals surface area contributed by atoms with Crippen molar-refractivity contribution < 1.29 is 14.6 Å². The SMILES string of the molecule is O=C(NCc1ccc(O)cc1)C1CNCCO1. The number of carbonyl (C=O) groups excluding carboxylic acids is 1. The van der Waals surface area contributed by atoms with Crippen LogP contribution in [0.15, 0.2) is 24.3 Å². The van der Waals surface area contributed by atoms with Crippen LogP contribution in [0.5, 0.6) is 5.75 Å². The van der Waals surface area contributed by atoms with Gasteiger partial charge in [0, 0.05) is 19.6 Å². The number of rotatable bonds is 3. The number of nitrogens with one attached hydrogen (secondary N) is 2. The molecule has 1 unspecified atom stereocenters. The predicted molar refractivity (Wildman–Crippen MR) is 62.6 cm³/mol. The van der Waals surface area contributed by atoms with Gasteiger partial charge in [-0.3, -0.25) is 4.79 Å². The maximum atomic E-state index is 11.7. The molecule has 1 aliphatic heterocycles. The van der Waals surface area contributed by atoms with Crippen molar-refractivity contribution in [1.29, 1.82) is 0 Å². The Morgan fingerprint density at radius 2 is 2.24 bits per heavy atom. The number of hydrogen-bond acceptors (Lipinski definition) is 4. The Hall–Kier alpha value is -1.59. The van der Waals surface area contributed by atoms with Gasteiger partial charge in [0.25, 0.3) is 5.91 Å². The second-order valence-corrected chi connectivity index (χ2v) is 3.95. The van der Waals surface area contributed by atoms with Crippen LogP contribution in [0, 0.1) is 0 Å². The predicted octanol–water partition coefficient (Wildman–Crippen LogP) is -0.00320. The molecule has 0 radical (unpaired) electrons. The lowest BCUT2D eigenvalue weighted by atomic mass is 10.2. The Morgan fingerprint density at radius 1 is 1.47 bits per heavy atom. The Balaban J connectivity index is 1.81. The molecule has 1 fully saturated rings. The van der Waals surface area contributed by atoms with Crippen LogP contribution in [0.2, 0.25) is 0 Å². The molecule has 0 aromatic heterocycles. The number of hydrogen-bond donors (Lipinski definition) is 3. The summed E-state index contributed by atoms with van der Waals surface area (Å²) in [5.74, 6) is 0.116. The van der Waals surface area contributed by atoms with Crippen molar-refractivity contribution in [2.45, 2.75) is 12.6 Å². The van der Waals surface area contributed by atoms with E-state index in [4.69, 9.17) is 9.84 Å². The maximum absolute atomic E-state index is 11.7. The molecule has 0 bridgehead atoms. The molecule has 1 aliphatic rings. The van der Waals surface area contributed by atoms with Crippen molar-refractivity contribution in [3.8, 4) is 5.75 Å². The van der Waals surface area contributed by atoms with Gasteiger partial charge in [-0.2, -0.15) is 0 Å². The van der Waals surface area contributed by atoms with Crippen LogP contribution < -0.4 is 10.6 Å². The molecule has 1 saturated heterocycles. The van der Waals surface area contributed by atoms with E-state index in [0.29, 0.717) is 19.7 Å². The van der Waals surface area contributed by atoms with Crippen molar-refractivity contribution in [2.75, 3.05) is 19.7 Å². The number of phenolic OH excluding ortho intramolecular Hbond substituents is 1. The van der Waals surface area contributed by atoms with Crippen LogP contribution in [0.25, 0.3) is 0 Å². The third-order valence-electron chi connectivity index (χ3n) is 2.62. The zero-order valence-corrected chi connectivity index (χ0v) is 9.48. The van der Waals surface area contributed by atoms with Crippen LogP contribution >= 0.6 is 0 Å². The molecule has 17 heavy (non-hydrogen) atoms. The van der Waals surface area contributed by atoms with Crippen LogP contribution in [0.4, 0.5) is 0 Å². The molecule has 0 aliphatic carbocycles. The molecular formula is C12H16N2O3. The smallest absolute Gasteiger partial charge is 0.250 e. The molecule has 1 aromatic carbocycles. The summed E-state index contributed by atoms with van der Waals surface area (Å²) in [6.45, 7) is 2.36. The second kappa shape index (κ2) is 5.65. The van der Waals surface area contributed by atoms with Crippen LogP contribution in [0.3, 0.4) is 0 Å². The van der Waals surface area contributed by atoms with E-state index in [9.17, 15) is 4.79 Å². The van der Waals surface area contributed by atoms with E-state index in [2.05, 4.69) is 10.6 Å². The molecule has 1 atom stereocenters. The Bertz CT molecular complexity index is 372. The first-order chi connectivity index (χ1) is 8.25. The highest BCUT2D eigenvalue weighted by molar-refractivity contribution is 5.81. The normalized spacial score (nSPS) is 19.9. The molecule has 3 N–H and O–H groups in total. The Kier molecular flexibility index (Phi) is 3.95. The van der Waals surface area contributed by atoms with E-state index < -0.39 is 6.10 Å². The summed E-state index contributed by atoms with van der Waals surface area (Å²) in [6, 6.07) is 6.74. The maximum Gasteiger partial charge on any atom is 0.250 e. The topological polar surface area (TPSA) is 70.6 Å². The zero-order chi connectivity index (χ0) is 12.1. The lowest BCUT2D eigenvalue weighted by Gasteiger charge is -2.22. The number of benzene rings is 1. The number of morpholine rings is 1. The molecule has 5 nitrogen and oxygen atoms in total. The van der Waals surface area contributed by atoms with Gasteiger partial charge in [0.05, 0.1) is 6.61 Å². The monoisotopic (exact) mass is 236 g/mol. The average Bonchev–Trinajstić information content (AvgIpc) is 2.39. The summed E-state index contributed by atoms with van der Waals surface area (Å²) in [4.78, 5) is 11.7. The Morgan fingerprint density at radius 3 is 2.88 bits per heavy atom. The first-order valence-electron chi connectivity index (χ1n) is 5.63. The van der Waals surface area contributed by atoms with E-state index in [-0.39, 0.29) is 11.7 Å². The summed E-state index contributed by atoms with van der Waals surface area (Å²) >= 11 is 0. The van der Waals surface area contributed by atoms with E-state index in [1.807, 2.05) is 0 Å². The quantitative estimate of drug-likeness (QED) is 0.690. The lowest BCUT2D eigenvalue weighted by molar-refractivity contribution is -0.134. The number of ether oxygens (including phenoxy) is 1. The van der Waals surface area contributed by atoms with Gasteiger partial charge in [-0.15, -0.1) is 0 Å². The van der Waals surface area contributed by atoms with Gasteiger partial charge < -0.3 is 20.5 Å². The van der Waals surface area contributed by atoms with Crippen molar-refractivity contribution in [1.82, 2.24) is 10.6 Å². The third-order valence-corrected chi connectivity index (χ3v) is 2.62. The highest BCUT2D eigenvalue weighted by atomic mass is 16.5. The van der Waals surface area contributed by atoms with Crippen molar-refractivity contribution in [3.63, 3.8) is 0 Å². The van der Waals surface area contributed by atoms with Crippen LogP contribution in [0.1, 0.15) is 5.56 Å². The van der Waals surface area contributed by atoms with Gasteiger partial charge in [0.1, 0.15) is 11.9 Å². The van der Waals surface area contributed by atoms with Crippen molar-refractivity contribution in [2.24, 2.45) is 0 Å². The minimum atomic E-state index is -0.402. The van der Waals surface area contributed by atoms with Gasteiger partial charge in [0.15, 0.2) is 0 Å². The van der Waals surface area contributed by atoms with Gasteiger partial charge in [0.2, 0.25) is 0 Å². The summed E-state index contributed by atoms with van der Waals surface area (Å²) < 4.78 is 5.33. The van der Waals surface area contributed by atoms with Gasteiger partial charge in [-0.05, 0) is 17.7 Å². The second-order valence-electron chi connectivity index (χ2n) is 3.95. The summed E-state index contributed by atoms with van der Waals surface area (Å²) in [5, 5.41) is 15.0. The van der Waals surface area contributed by atoms with Crippen molar-refractivity contribution >= 4 is 5.91 Å². The molecular weight excluding hydrogens is 220 g/mol. The highest BCUT2D eigenvalue weighted by Gasteiger charge is 2.20. The highest BCUT2D eigenvalue weighted by Crippen LogP contribution is 2.09. The number of phenols is 1. The fourth-order valence-corrected chi connectivity index (χ4v) is 1.65. The third kappa shape index (κ3) is 3.44. The molecule has 0 saturated carbocycles. The summed E-state index contributed by atoms with van der Waals surface area (Å²) in [5.41, 5.74) is 0.944. The largest absolute Gasteiger partial charge is 0.508 e. The fraction of sp³-hybridized carbons (Fsp3) is 0.417. The van der Waals surface area contributed by atoms with Crippen molar-refractivity contribution in [3.05, 3.63) is 29.8 Å².